The van der Waals surface area contributed by atoms with Crippen LogP contribution in [0.4, 0.5) is 5.69 Å². The molecule has 2 rings (SSSR count). The highest BCUT2D eigenvalue weighted by Crippen LogP contribution is 2.12. The molecule has 0 aromatic heterocycles. The van der Waals surface area contributed by atoms with Gasteiger partial charge in [0.05, 0.1) is 23.9 Å². The SMILES string of the molecule is N#Cc1ccc(N(N)/N=C(\N)CN2CCNCC2)cc1. The van der Waals surface area contributed by atoms with Crippen LogP contribution in [0.5, 0.6) is 0 Å². The Morgan fingerprint density at radius 1 is 1.35 bits per heavy atom. The summed E-state index contributed by atoms with van der Waals surface area (Å²) in [7, 11) is 0. The third-order valence-corrected chi connectivity index (χ3v) is 3.09. The van der Waals surface area contributed by atoms with Gasteiger partial charge in [-0.2, -0.15) is 10.4 Å². The van der Waals surface area contributed by atoms with Crippen LogP contribution in [0, 0.1) is 11.3 Å². The van der Waals surface area contributed by atoms with Crippen molar-refractivity contribution >= 4 is 11.5 Å². The molecule has 7 heteroatoms. The minimum atomic E-state index is 0.471. The highest BCUT2D eigenvalue weighted by molar-refractivity contribution is 5.83. The van der Waals surface area contributed by atoms with E-state index in [0.717, 1.165) is 26.2 Å². The summed E-state index contributed by atoms with van der Waals surface area (Å²) in [6.07, 6.45) is 0. The lowest BCUT2D eigenvalue weighted by Gasteiger charge is -2.27. The average Bonchev–Trinajstić information content (AvgIpc) is 2.48. The quantitative estimate of drug-likeness (QED) is 0.293. The number of hydrogen-bond acceptors (Lipinski definition) is 6. The van der Waals surface area contributed by atoms with Crippen molar-refractivity contribution in [2.24, 2.45) is 16.7 Å². The Hall–Kier alpha value is -2.14. The molecule has 5 N–H and O–H groups in total. The topological polar surface area (TPSA) is 107 Å². The van der Waals surface area contributed by atoms with Crippen molar-refractivity contribution in [3.8, 4) is 6.07 Å². The van der Waals surface area contributed by atoms with Crippen molar-refractivity contribution in [2.45, 2.75) is 0 Å². The first-order valence-electron chi connectivity index (χ1n) is 6.50. The van der Waals surface area contributed by atoms with Crippen LogP contribution in [0.3, 0.4) is 0 Å². The Bertz CT molecular complexity index is 496. The maximum Gasteiger partial charge on any atom is 0.136 e. The first kappa shape index (κ1) is 14.3. The molecule has 1 fully saturated rings. The fourth-order valence-electron chi connectivity index (χ4n) is 2.01. The van der Waals surface area contributed by atoms with Gasteiger partial charge in [-0.1, -0.05) is 0 Å². The number of nitriles is 1. The molecule has 1 aromatic carbocycles. The Labute approximate surface area is 118 Å². The number of nitrogens with two attached hydrogens (primary N) is 2. The fraction of sp³-hybridized carbons (Fsp3) is 0.385. The molecule has 0 aliphatic carbocycles. The second-order valence-electron chi connectivity index (χ2n) is 4.62. The highest BCUT2D eigenvalue weighted by atomic mass is 15.6. The lowest BCUT2D eigenvalue weighted by molar-refractivity contribution is 0.271. The van der Waals surface area contributed by atoms with Gasteiger partial charge in [0.2, 0.25) is 0 Å². The number of rotatable bonds is 4. The lowest BCUT2D eigenvalue weighted by Crippen LogP contribution is -2.47. The minimum absolute atomic E-state index is 0.471. The van der Waals surface area contributed by atoms with Crippen LogP contribution in [0.1, 0.15) is 5.56 Å². The second-order valence-corrected chi connectivity index (χ2v) is 4.62. The van der Waals surface area contributed by atoms with E-state index in [1.807, 2.05) is 0 Å². The summed E-state index contributed by atoms with van der Waals surface area (Å²) in [5, 5.41) is 17.4. The molecular weight excluding hydrogens is 254 g/mol. The van der Waals surface area contributed by atoms with Gasteiger partial charge in [0.25, 0.3) is 0 Å². The predicted octanol–water partition coefficient (Wildman–Crippen LogP) is -0.584. The van der Waals surface area contributed by atoms with Crippen LogP contribution in [0.2, 0.25) is 0 Å². The van der Waals surface area contributed by atoms with E-state index in [2.05, 4.69) is 21.4 Å². The van der Waals surface area contributed by atoms with Gasteiger partial charge in [0.1, 0.15) is 5.84 Å². The highest BCUT2D eigenvalue weighted by Gasteiger charge is 2.11. The van der Waals surface area contributed by atoms with E-state index in [1.54, 1.807) is 24.3 Å². The van der Waals surface area contributed by atoms with Gasteiger partial charge in [0.15, 0.2) is 0 Å². The number of nitrogens with zero attached hydrogens (tertiary/aromatic N) is 4. The van der Waals surface area contributed by atoms with Gasteiger partial charge in [-0.15, -0.1) is 5.10 Å². The summed E-state index contributed by atoms with van der Waals surface area (Å²) in [4.78, 5) is 2.22. The zero-order valence-corrected chi connectivity index (χ0v) is 11.3. The summed E-state index contributed by atoms with van der Waals surface area (Å²) in [6.45, 7) is 4.45. The average molecular weight is 273 g/mol. The second kappa shape index (κ2) is 6.86. The molecule has 0 atom stereocenters. The van der Waals surface area contributed by atoms with Crippen molar-refractivity contribution < 1.29 is 0 Å². The van der Waals surface area contributed by atoms with Crippen LogP contribution in [0.15, 0.2) is 29.4 Å². The molecule has 0 bridgehead atoms. The van der Waals surface area contributed by atoms with Crippen LogP contribution in [0.25, 0.3) is 0 Å². The Morgan fingerprint density at radius 2 is 2.00 bits per heavy atom. The van der Waals surface area contributed by atoms with Crippen molar-refractivity contribution in [3.05, 3.63) is 29.8 Å². The van der Waals surface area contributed by atoms with Crippen molar-refractivity contribution in [1.82, 2.24) is 10.2 Å². The van der Waals surface area contributed by atoms with E-state index >= 15 is 0 Å². The maximum absolute atomic E-state index is 8.74. The first-order valence-corrected chi connectivity index (χ1v) is 6.50. The number of amidine groups is 1. The molecule has 0 radical (unpaired) electrons. The van der Waals surface area contributed by atoms with E-state index in [4.69, 9.17) is 16.8 Å². The molecule has 1 aliphatic rings. The standard InChI is InChI=1S/C13H19N7/c14-9-11-1-3-12(4-2-11)20(16)18-13(15)10-19-7-5-17-6-8-19/h1-4,17H,5-8,10,16H2,(H2,15,18). The van der Waals surface area contributed by atoms with Crippen LogP contribution in [-0.2, 0) is 0 Å². The summed E-state index contributed by atoms with van der Waals surface area (Å²) < 4.78 is 0. The molecule has 1 aliphatic heterocycles. The number of hydrogen-bond donors (Lipinski definition) is 3. The summed E-state index contributed by atoms with van der Waals surface area (Å²) in [6, 6.07) is 8.91. The third-order valence-electron chi connectivity index (χ3n) is 3.09. The Balaban J connectivity index is 1.95. The zero-order valence-electron chi connectivity index (χ0n) is 11.3. The predicted molar refractivity (Wildman–Crippen MR) is 78.8 cm³/mol. The molecular formula is C13H19N7. The minimum Gasteiger partial charge on any atom is -0.385 e. The molecule has 20 heavy (non-hydrogen) atoms. The summed E-state index contributed by atoms with van der Waals surface area (Å²) >= 11 is 0. The van der Waals surface area contributed by atoms with Gasteiger partial charge in [0, 0.05) is 26.2 Å². The Morgan fingerprint density at radius 3 is 2.60 bits per heavy atom. The normalized spacial score (nSPS) is 16.7. The Kier molecular flexibility index (Phi) is 4.90. The molecule has 1 heterocycles. The molecule has 0 unspecified atom stereocenters. The van der Waals surface area contributed by atoms with Crippen LogP contribution < -0.4 is 22.0 Å². The van der Waals surface area contributed by atoms with Crippen LogP contribution >= 0.6 is 0 Å². The number of piperazine rings is 1. The van der Waals surface area contributed by atoms with Gasteiger partial charge >= 0.3 is 0 Å². The molecule has 1 saturated heterocycles. The van der Waals surface area contributed by atoms with E-state index in [9.17, 15) is 0 Å². The van der Waals surface area contributed by atoms with Gasteiger partial charge in [-0.05, 0) is 24.3 Å². The van der Waals surface area contributed by atoms with Gasteiger partial charge in [-0.25, -0.2) is 5.84 Å². The number of hydrazone groups is 1. The summed E-state index contributed by atoms with van der Waals surface area (Å²) in [5.74, 6) is 6.32. The van der Waals surface area contributed by atoms with E-state index in [0.29, 0.717) is 23.6 Å². The van der Waals surface area contributed by atoms with Crippen LogP contribution in [-0.4, -0.2) is 43.5 Å². The van der Waals surface area contributed by atoms with E-state index < -0.39 is 0 Å². The molecule has 0 amide bonds. The van der Waals surface area contributed by atoms with Crippen molar-refractivity contribution in [1.29, 1.82) is 5.26 Å². The molecule has 1 aromatic rings. The number of nitrogens with one attached hydrogen (secondary N) is 1. The fourth-order valence-corrected chi connectivity index (χ4v) is 2.01. The zero-order chi connectivity index (χ0) is 14.4. The van der Waals surface area contributed by atoms with Crippen molar-refractivity contribution in [3.63, 3.8) is 0 Å². The lowest BCUT2D eigenvalue weighted by atomic mass is 10.2. The monoisotopic (exact) mass is 273 g/mol. The summed E-state index contributed by atoms with van der Waals surface area (Å²) in [5.41, 5.74) is 7.18. The van der Waals surface area contributed by atoms with E-state index in [-0.39, 0.29) is 0 Å². The number of benzene rings is 1. The first-order chi connectivity index (χ1) is 9.69. The third kappa shape index (κ3) is 3.93. The number of hydrazine groups is 1. The largest absolute Gasteiger partial charge is 0.385 e. The van der Waals surface area contributed by atoms with Crippen molar-refractivity contribution in [2.75, 3.05) is 37.8 Å². The van der Waals surface area contributed by atoms with E-state index in [1.165, 1.54) is 5.12 Å². The van der Waals surface area contributed by atoms with Gasteiger partial charge in [-0.3, -0.25) is 4.90 Å². The maximum atomic E-state index is 8.74. The molecule has 0 spiro atoms. The molecule has 106 valence electrons. The molecule has 0 saturated carbocycles. The van der Waals surface area contributed by atoms with Gasteiger partial charge < -0.3 is 11.1 Å². The number of anilines is 1. The molecule has 7 nitrogen and oxygen atoms in total. The smallest absolute Gasteiger partial charge is 0.136 e.